The number of benzene rings is 1. The van der Waals surface area contributed by atoms with E-state index in [4.69, 9.17) is 11.5 Å². The highest BCUT2D eigenvalue weighted by molar-refractivity contribution is 5.85. The lowest BCUT2D eigenvalue weighted by atomic mass is 10.00. The van der Waals surface area contributed by atoms with Crippen molar-refractivity contribution in [1.82, 2.24) is 0 Å². The molecule has 0 heterocycles. The van der Waals surface area contributed by atoms with Gasteiger partial charge in [-0.1, -0.05) is 12.1 Å². The summed E-state index contributed by atoms with van der Waals surface area (Å²) in [4.78, 5) is 0. The van der Waals surface area contributed by atoms with Gasteiger partial charge in [0.2, 0.25) is 0 Å². The lowest BCUT2D eigenvalue weighted by Crippen LogP contribution is -2.25. The first-order chi connectivity index (χ1) is 6.88. The van der Waals surface area contributed by atoms with Crippen LogP contribution in [0.4, 0.5) is 17.6 Å². The van der Waals surface area contributed by atoms with Crippen LogP contribution in [-0.2, 0) is 6.18 Å². The van der Waals surface area contributed by atoms with E-state index in [9.17, 15) is 17.6 Å². The molecule has 1 rings (SSSR count). The molecule has 7 heteroatoms. The second-order valence-corrected chi connectivity index (χ2v) is 3.04. The van der Waals surface area contributed by atoms with Crippen LogP contribution in [0.1, 0.15) is 17.2 Å². The Balaban J connectivity index is 0.00000225. The summed E-state index contributed by atoms with van der Waals surface area (Å²) in [6.45, 7) is -0.174. The summed E-state index contributed by atoms with van der Waals surface area (Å²) in [6, 6.07) is 2.03. The van der Waals surface area contributed by atoms with Gasteiger partial charge in [-0.3, -0.25) is 0 Å². The third-order valence-electron chi connectivity index (χ3n) is 1.98. The number of rotatable bonds is 2. The van der Waals surface area contributed by atoms with Crippen LogP contribution < -0.4 is 11.5 Å². The third-order valence-corrected chi connectivity index (χ3v) is 1.98. The zero-order chi connectivity index (χ0) is 11.6. The van der Waals surface area contributed by atoms with Crippen LogP contribution in [0.3, 0.4) is 0 Å². The van der Waals surface area contributed by atoms with Crippen LogP contribution in [-0.4, -0.2) is 6.54 Å². The maximum Gasteiger partial charge on any atom is 0.419 e. The highest BCUT2D eigenvalue weighted by Crippen LogP contribution is 2.35. The van der Waals surface area contributed by atoms with Gasteiger partial charge in [-0.05, 0) is 11.6 Å². The van der Waals surface area contributed by atoms with Crippen molar-refractivity contribution in [3.05, 3.63) is 35.1 Å². The molecule has 1 aromatic rings. The van der Waals surface area contributed by atoms with Gasteiger partial charge < -0.3 is 11.5 Å². The van der Waals surface area contributed by atoms with Gasteiger partial charge >= 0.3 is 6.18 Å². The van der Waals surface area contributed by atoms with E-state index in [1.165, 1.54) is 6.07 Å². The summed E-state index contributed by atoms with van der Waals surface area (Å²) in [5, 5.41) is 0. The van der Waals surface area contributed by atoms with Gasteiger partial charge in [-0.2, -0.15) is 13.2 Å². The molecule has 2 nitrogen and oxygen atoms in total. The van der Waals surface area contributed by atoms with E-state index >= 15 is 0 Å². The van der Waals surface area contributed by atoms with E-state index in [-0.39, 0.29) is 24.5 Å². The van der Waals surface area contributed by atoms with E-state index < -0.39 is 23.6 Å². The van der Waals surface area contributed by atoms with E-state index in [1.54, 1.807) is 0 Å². The first kappa shape index (κ1) is 15.2. The summed E-state index contributed by atoms with van der Waals surface area (Å²) in [6.07, 6.45) is -4.76. The van der Waals surface area contributed by atoms with Gasteiger partial charge in [0.15, 0.2) is 0 Å². The van der Waals surface area contributed by atoms with E-state index in [0.29, 0.717) is 0 Å². The molecule has 0 unspecified atom stereocenters. The monoisotopic (exact) mass is 258 g/mol. The fourth-order valence-corrected chi connectivity index (χ4v) is 1.28. The van der Waals surface area contributed by atoms with Crippen LogP contribution in [0.25, 0.3) is 0 Å². The number of halogens is 5. The molecule has 0 aromatic heterocycles. The number of hydrogen-bond acceptors (Lipinski definition) is 2. The minimum atomic E-state index is -4.76. The normalized spacial score (nSPS) is 13.1. The molecule has 0 bridgehead atoms. The molecule has 0 aliphatic carbocycles. The maximum atomic E-state index is 13.0. The Hall–Kier alpha value is -0.850. The highest BCUT2D eigenvalue weighted by atomic mass is 35.5. The largest absolute Gasteiger partial charge is 0.419 e. The van der Waals surface area contributed by atoms with E-state index in [0.717, 1.165) is 12.1 Å². The molecule has 0 saturated carbocycles. The van der Waals surface area contributed by atoms with Crippen LogP contribution in [0.15, 0.2) is 18.2 Å². The zero-order valence-corrected chi connectivity index (χ0v) is 8.91. The molecule has 16 heavy (non-hydrogen) atoms. The average Bonchev–Trinajstić information content (AvgIpc) is 2.14. The van der Waals surface area contributed by atoms with Crippen molar-refractivity contribution in [2.24, 2.45) is 11.5 Å². The Morgan fingerprint density at radius 3 is 2.25 bits per heavy atom. The SMILES string of the molecule is Cl.NC[C@H](N)c1cccc(F)c1C(F)(F)F. The van der Waals surface area contributed by atoms with Crippen molar-refractivity contribution in [1.29, 1.82) is 0 Å². The molecule has 0 aliphatic rings. The summed E-state index contributed by atoms with van der Waals surface area (Å²) >= 11 is 0. The molecule has 0 saturated heterocycles. The van der Waals surface area contributed by atoms with Crippen molar-refractivity contribution in [3.8, 4) is 0 Å². The minimum absolute atomic E-state index is 0. The average molecular weight is 259 g/mol. The van der Waals surface area contributed by atoms with Gasteiger partial charge in [-0.15, -0.1) is 12.4 Å². The summed E-state index contributed by atoms with van der Waals surface area (Å²) < 4.78 is 50.4. The maximum absolute atomic E-state index is 13.0. The highest BCUT2D eigenvalue weighted by Gasteiger charge is 2.37. The molecule has 1 atom stereocenters. The third kappa shape index (κ3) is 3.07. The first-order valence-electron chi connectivity index (χ1n) is 4.19. The van der Waals surface area contributed by atoms with Gasteiger partial charge in [0.1, 0.15) is 5.82 Å². The first-order valence-corrected chi connectivity index (χ1v) is 4.19. The molecule has 92 valence electrons. The molecular formula is C9H11ClF4N2. The molecular weight excluding hydrogens is 248 g/mol. The second-order valence-electron chi connectivity index (χ2n) is 3.04. The molecule has 0 fully saturated rings. The van der Waals surface area contributed by atoms with Crippen LogP contribution >= 0.6 is 12.4 Å². The molecule has 0 spiro atoms. The van der Waals surface area contributed by atoms with Crippen LogP contribution in [0.2, 0.25) is 0 Å². The van der Waals surface area contributed by atoms with Crippen LogP contribution in [0.5, 0.6) is 0 Å². The van der Waals surface area contributed by atoms with Crippen molar-refractivity contribution < 1.29 is 17.6 Å². The van der Waals surface area contributed by atoms with E-state index in [1.807, 2.05) is 0 Å². The summed E-state index contributed by atoms with van der Waals surface area (Å²) in [7, 11) is 0. The number of hydrogen-bond donors (Lipinski definition) is 2. The van der Waals surface area contributed by atoms with Gasteiger partial charge in [0.05, 0.1) is 5.56 Å². The number of alkyl halides is 3. The van der Waals surface area contributed by atoms with Gasteiger partial charge in [0.25, 0.3) is 0 Å². The predicted molar refractivity (Wildman–Crippen MR) is 54.6 cm³/mol. The van der Waals surface area contributed by atoms with Crippen molar-refractivity contribution in [2.45, 2.75) is 12.2 Å². The fraction of sp³-hybridized carbons (Fsp3) is 0.333. The Kier molecular flexibility index (Phi) is 5.18. The van der Waals surface area contributed by atoms with Crippen molar-refractivity contribution in [3.63, 3.8) is 0 Å². The molecule has 0 aliphatic heterocycles. The zero-order valence-electron chi connectivity index (χ0n) is 8.09. The van der Waals surface area contributed by atoms with Gasteiger partial charge in [-0.25, -0.2) is 4.39 Å². The lowest BCUT2D eigenvalue weighted by Gasteiger charge is -2.17. The quantitative estimate of drug-likeness (QED) is 0.799. The van der Waals surface area contributed by atoms with E-state index in [2.05, 4.69) is 0 Å². The predicted octanol–water partition coefficient (Wildman–Crippen LogP) is 2.22. The Morgan fingerprint density at radius 1 is 1.25 bits per heavy atom. The van der Waals surface area contributed by atoms with Gasteiger partial charge in [0, 0.05) is 12.6 Å². The summed E-state index contributed by atoms with van der Waals surface area (Å²) in [5.74, 6) is -1.33. The van der Waals surface area contributed by atoms with Crippen molar-refractivity contribution >= 4 is 12.4 Å². The molecule has 0 radical (unpaired) electrons. The fourth-order valence-electron chi connectivity index (χ4n) is 1.28. The Morgan fingerprint density at radius 2 is 1.81 bits per heavy atom. The minimum Gasteiger partial charge on any atom is -0.329 e. The Bertz CT molecular complexity index is 354. The second kappa shape index (κ2) is 5.47. The molecule has 4 N–H and O–H groups in total. The topological polar surface area (TPSA) is 52.0 Å². The smallest absolute Gasteiger partial charge is 0.329 e. The lowest BCUT2D eigenvalue weighted by molar-refractivity contribution is -0.140. The molecule has 1 aromatic carbocycles. The van der Waals surface area contributed by atoms with Crippen molar-refractivity contribution in [2.75, 3.05) is 6.54 Å². The standard InChI is InChI=1S/C9H10F4N2.ClH/c10-6-3-1-2-5(7(15)4-14)8(6)9(11,12)13;/h1-3,7H,4,14-15H2;1H/t7-;/m0./s1. The van der Waals surface area contributed by atoms with Crippen LogP contribution in [0, 0.1) is 5.82 Å². The Labute approximate surface area is 96.0 Å². The summed E-state index contributed by atoms with van der Waals surface area (Å²) in [5.41, 5.74) is 8.88. The number of nitrogens with two attached hydrogens (primary N) is 2. The molecule has 0 amide bonds.